The Kier molecular flexibility index (Phi) is 6.82. The molecule has 0 radical (unpaired) electrons. The first-order valence-corrected chi connectivity index (χ1v) is 20.5. The van der Waals surface area contributed by atoms with Crippen LogP contribution in [0.25, 0.3) is 131 Å². The van der Waals surface area contributed by atoms with E-state index in [0.717, 1.165) is 98.6 Å². The molecule has 0 bridgehead atoms. The van der Waals surface area contributed by atoms with Gasteiger partial charge in [-0.1, -0.05) is 127 Å². The zero-order valence-electron chi connectivity index (χ0n) is 31.3. The van der Waals surface area contributed by atoms with Crippen LogP contribution in [0.4, 0.5) is 0 Å². The maximum absolute atomic E-state index is 6.71. The zero-order valence-corrected chi connectivity index (χ0v) is 32.1. The molecule has 0 saturated heterocycles. The van der Waals surface area contributed by atoms with E-state index in [-0.39, 0.29) is 0 Å². The second-order valence-corrected chi connectivity index (χ2v) is 16.2. The Bertz CT molecular complexity index is 3870. The Morgan fingerprint density at radius 3 is 1.81 bits per heavy atom. The summed E-state index contributed by atoms with van der Waals surface area (Å²) in [7, 11) is 0. The summed E-state index contributed by atoms with van der Waals surface area (Å²) in [5.41, 5.74) is 8.29. The number of benzene rings is 9. The fourth-order valence-corrected chi connectivity index (χ4v) is 10.1. The second-order valence-electron chi connectivity index (χ2n) is 15.1. The summed E-state index contributed by atoms with van der Waals surface area (Å²) < 4.78 is 15.4. The molecule has 0 unspecified atom stereocenters. The van der Waals surface area contributed by atoms with Gasteiger partial charge in [0, 0.05) is 52.8 Å². The molecule has 0 aliphatic rings. The van der Waals surface area contributed by atoms with Gasteiger partial charge in [0.15, 0.2) is 17.5 Å². The molecule has 274 valence electrons. The number of fused-ring (bicyclic) bond motifs is 12. The molecular weight excluding hydrogens is 743 g/mol. The fraction of sp³-hybridized carbons (Fsp3) is 0. The van der Waals surface area contributed by atoms with Crippen molar-refractivity contribution in [2.75, 3.05) is 0 Å². The Labute approximate surface area is 340 Å². The molecule has 59 heavy (non-hydrogen) atoms. The monoisotopic (exact) mass is 771 g/mol. The van der Waals surface area contributed by atoms with Gasteiger partial charge in [0.1, 0.15) is 22.3 Å². The lowest BCUT2D eigenvalue weighted by molar-refractivity contribution is 0.669. The Morgan fingerprint density at radius 1 is 0.339 bits per heavy atom. The van der Waals surface area contributed by atoms with Gasteiger partial charge in [-0.15, -0.1) is 11.3 Å². The molecule has 6 heteroatoms. The average molecular weight is 772 g/mol. The van der Waals surface area contributed by atoms with Crippen molar-refractivity contribution < 1.29 is 8.83 Å². The van der Waals surface area contributed by atoms with Gasteiger partial charge in [-0.25, -0.2) is 15.0 Å². The molecule has 0 aliphatic heterocycles. The molecule has 0 fully saturated rings. The summed E-state index contributed by atoms with van der Waals surface area (Å²) in [6, 6.07) is 61.5. The Hall–Kier alpha value is -7.67. The molecule has 0 amide bonds. The quantitative estimate of drug-likeness (QED) is 0.178. The van der Waals surface area contributed by atoms with Crippen molar-refractivity contribution >= 4 is 96.9 Å². The summed E-state index contributed by atoms with van der Waals surface area (Å²) in [5.74, 6) is 1.77. The summed E-state index contributed by atoms with van der Waals surface area (Å²) in [6.07, 6.45) is 0. The normalized spacial score (nSPS) is 12.1. The predicted molar refractivity (Wildman–Crippen MR) is 244 cm³/mol. The van der Waals surface area contributed by atoms with E-state index in [4.69, 9.17) is 23.8 Å². The number of hydrogen-bond acceptors (Lipinski definition) is 6. The van der Waals surface area contributed by atoms with E-state index in [9.17, 15) is 0 Å². The minimum absolute atomic E-state index is 0.559. The van der Waals surface area contributed by atoms with Gasteiger partial charge in [0.2, 0.25) is 0 Å². The van der Waals surface area contributed by atoms with Crippen LogP contribution in [0, 0.1) is 0 Å². The standard InChI is InChI=1S/C53H29N3O2S/c1-2-12-36-31(11-1)29-41(50-49(36)38-14-4-7-19-43(38)58-50)53-55-51(54-52(56-53)40-17-10-22-46-48(40)39-15-5-8-21-45(39)59-46)33-26-24-30-23-25-32(27-34(30)28-33)35-16-9-20-44-47(35)37-13-3-6-18-42(37)57-44/h1-29H. The topological polar surface area (TPSA) is 65.0 Å². The third-order valence-corrected chi connectivity index (χ3v) is 12.8. The molecule has 0 spiro atoms. The minimum Gasteiger partial charge on any atom is -0.456 e. The second kappa shape index (κ2) is 12.4. The van der Waals surface area contributed by atoms with E-state index in [1.807, 2.05) is 30.3 Å². The van der Waals surface area contributed by atoms with Crippen LogP contribution in [-0.2, 0) is 0 Å². The molecule has 13 rings (SSSR count). The van der Waals surface area contributed by atoms with Gasteiger partial charge in [0.25, 0.3) is 0 Å². The van der Waals surface area contributed by atoms with Gasteiger partial charge < -0.3 is 8.83 Å². The molecule has 5 nitrogen and oxygen atoms in total. The summed E-state index contributed by atoms with van der Waals surface area (Å²) >= 11 is 1.79. The van der Waals surface area contributed by atoms with Crippen LogP contribution in [0.2, 0.25) is 0 Å². The van der Waals surface area contributed by atoms with Crippen LogP contribution in [0.15, 0.2) is 185 Å². The number of hydrogen-bond donors (Lipinski definition) is 0. The van der Waals surface area contributed by atoms with Crippen LogP contribution in [0.1, 0.15) is 0 Å². The molecule has 0 aliphatic carbocycles. The van der Waals surface area contributed by atoms with Crippen LogP contribution >= 0.6 is 11.3 Å². The van der Waals surface area contributed by atoms with Crippen molar-refractivity contribution in [1.82, 2.24) is 15.0 Å². The van der Waals surface area contributed by atoms with E-state index >= 15 is 0 Å². The third-order valence-electron chi connectivity index (χ3n) is 11.7. The van der Waals surface area contributed by atoms with Gasteiger partial charge in [-0.05, 0) is 81.2 Å². The van der Waals surface area contributed by atoms with Gasteiger partial charge in [0.05, 0.1) is 5.56 Å². The van der Waals surface area contributed by atoms with Crippen LogP contribution in [0.5, 0.6) is 0 Å². The van der Waals surface area contributed by atoms with Crippen LogP contribution in [0.3, 0.4) is 0 Å². The maximum atomic E-state index is 6.71. The first kappa shape index (κ1) is 32.4. The van der Waals surface area contributed by atoms with Crippen molar-refractivity contribution in [3.63, 3.8) is 0 Å². The first-order valence-electron chi connectivity index (χ1n) is 19.7. The Morgan fingerprint density at radius 2 is 0.949 bits per heavy atom. The molecular formula is C53H29N3O2S. The van der Waals surface area contributed by atoms with E-state index in [1.54, 1.807) is 11.3 Å². The van der Waals surface area contributed by atoms with Gasteiger partial charge >= 0.3 is 0 Å². The summed E-state index contributed by atoms with van der Waals surface area (Å²) in [5, 5.41) is 11.1. The minimum atomic E-state index is 0.559. The highest BCUT2D eigenvalue weighted by Gasteiger charge is 2.22. The molecule has 4 aromatic heterocycles. The van der Waals surface area contributed by atoms with Crippen molar-refractivity contribution in [3.05, 3.63) is 176 Å². The highest BCUT2D eigenvalue weighted by molar-refractivity contribution is 7.25. The number of thiophene rings is 1. The highest BCUT2D eigenvalue weighted by Crippen LogP contribution is 2.43. The largest absolute Gasteiger partial charge is 0.456 e. The van der Waals surface area contributed by atoms with E-state index in [0.29, 0.717) is 17.5 Å². The third kappa shape index (κ3) is 4.94. The lowest BCUT2D eigenvalue weighted by Crippen LogP contribution is -2.01. The van der Waals surface area contributed by atoms with Crippen molar-refractivity contribution in [2.24, 2.45) is 0 Å². The molecule has 0 atom stereocenters. The molecule has 0 N–H and O–H groups in total. The summed E-state index contributed by atoms with van der Waals surface area (Å²) in [4.78, 5) is 16.0. The van der Waals surface area contributed by atoms with E-state index < -0.39 is 0 Å². The van der Waals surface area contributed by atoms with Crippen molar-refractivity contribution in [1.29, 1.82) is 0 Å². The van der Waals surface area contributed by atoms with E-state index in [2.05, 4.69) is 146 Å². The lowest BCUT2D eigenvalue weighted by Gasteiger charge is -2.12. The number of para-hydroxylation sites is 2. The fourth-order valence-electron chi connectivity index (χ4n) is 9.02. The molecule has 13 aromatic rings. The number of aromatic nitrogens is 3. The number of rotatable bonds is 4. The summed E-state index contributed by atoms with van der Waals surface area (Å²) in [6.45, 7) is 0. The smallest absolute Gasteiger partial charge is 0.167 e. The number of furan rings is 2. The van der Waals surface area contributed by atoms with Crippen molar-refractivity contribution in [2.45, 2.75) is 0 Å². The highest BCUT2D eigenvalue weighted by atomic mass is 32.1. The lowest BCUT2D eigenvalue weighted by atomic mass is 9.96. The molecule has 4 heterocycles. The number of nitrogens with zero attached hydrogens (tertiary/aromatic N) is 3. The SMILES string of the molecule is c1ccc2c(c1)cc(-c1nc(-c3ccc4ccc(-c5cccc6oc7ccccc7c56)cc4c3)nc(-c3cccc4sc5ccccc5c34)n1)c1oc3ccccc3c12. The van der Waals surface area contributed by atoms with Crippen LogP contribution in [-0.4, -0.2) is 15.0 Å². The molecule has 9 aromatic carbocycles. The van der Waals surface area contributed by atoms with Crippen LogP contribution < -0.4 is 0 Å². The maximum Gasteiger partial charge on any atom is 0.167 e. The Balaban J connectivity index is 1.06. The van der Waals surface area contributed by atoms with Crippen molar-refractivity contribution in [3.8, 4) is 45.3 Å². The zero-order chi connectivity index (χ0) is 38.6. The van der Waals surface area contributed by atoms with Gasteiger partial charge in [-0.3, -0.25) is 0 Å². The predicted octanol–water partition coefficient (Wildman–Crippen LogP) is 15.0. The van der Waals surface area contributed by atoms with E-state index in [1.165, 1.54) is 14.8 Å². The van der Waals surface area contributed by atoms with Gasteiger partial charge in [-0.2, -0.15) is 0 Å². The first-order chi connectivity index (χ1) is 29.2. The average Bonchev–Trinajstić information content (AvgIpc) is 4.00. The molecule has 0 saturated carbocycles.